The first-order chi connectivity index (χ1) is 14.0. The molecular weight excluding hydrogens is 423 g/mol. The molecule has 30 heavy (non-hydrogen) atoms. The van der Waals surface area contributed by atoms with Gasteiger partial charge in [0.05, 0.1) is 31.7 Å². The maximum Gasteiger partial charge on any atom is 0.419 e. The molecule has 11 heteroatoms. The minimum absolute atomic E-state index is 0.0617. The van der Waals surface area contributed by atoms with E-state index in [4.69, 9.17) is 14.6 Å². The van der Waals surface area contributed by atoms with Crippen LogP contribution < -0.4 is 14.6 Å². The molecule has 0 bridgehead atoms. The minimum atomic E-state index is -4.63. The lowest BCUT2D eigenvalue weighted by atomic mass is 10.0. The summed E-state index contributed by atoms with van der Waals surface area (Å²) in [5, 5.41) is 9.04. The highest BCUT2D eigenvalue weighted by atomic mass is 32.2. The van der Waals surface area contributed by atoms with E-state index in [1.165, 1.54) is 26.4 Å². The fraction of sp³-hybridized carbons (Fsp3) is 0.211. The Kier molecular flexibility index (Phi) is 5.77. The molecule has 0 radical (unpaired) electrons. The lowest BCUT2D eigenvalue weighted by Crippen LogP contribution is -2.17. The Bertz CT molecular complexity index is 1170. The number of aromatic nitrogens is 2. The Balaban J connectivity index is 2.18. The number of benzene rings is 2. The molecular formula is C19H18F3N3O4S. The van der Waals surface area contributed by atoms with Crippen LogP contribution in [0.25, 0.3) is 5.69 Å². The first-order valence-electron chi connectivity index (χ1n) is 8.52. The minimum Gasteiger partial charge on any atom is -0.497 e. The van der Waals surface area contributed by atoms with E-state index >= 15 is 0 Å². The number of methoxy groups -OCH3 is 2. The van der Waals surface area contributed by atoms with Gasteiger partial charge in [-0.05, 0) is 23.3 Å². The third kappa shape index (κ3) is 4.41. The summed E-state index contributed by atoms with van der Waals surface area (Å²) in [4.78, 5) is -0.343. The Labute approximate surface area is 170 Å². The maximum absolute atomic E-state index is 13.0. The highest BCUT2D eigenvalue weighted by molar-refractivity contribution is 7.89. The Hall–Kier alpha value is -3.05. The van der Waals surface area contributed by atoms with Gasteiger partial charge in [-0.3, -0.25) is 0 Å². The summed E-state index contributed by atoms with van der Waals surface area (Å²) in [6.07, 6.45) is -3.14. The van der Waals surface area contributed by atoms with E-state index in [0.29, 0.717) is 28.8 Å². The number of para-hydroxylation sites is 1. The largest absolute Gasteiger partial charge is 0.497 e. The Morgan fingerprint density at radius 3 is 2.40 bits per heavy atom. The van der Waals surface area contributed by atoms with Crippen LogP contribution in [-0.4, -0.2) is 32.4 Å². The average molecular weight is 441 g/mol. The molecule has 2 aromatic carbocycles. The van der Waals surface area contributed by atoms with Crippen LogP contribution in [0.4, 0.5) is 13.2 Å². The average Bonchev–Trinajstić information content (AvgIpc) is 3.18. The van der Waals surface area contributed by atoms with Gasteiger partial charge in [0, 0.05) is 18.7 Å². The smallest absolute Gasteiger partial charge is 0.419 e. The number of nitrogens with two attached hydrogens (primary N) is 1. The maximum atomic E-state index is 13.0. The number of primary sulfonamides is 1. The molecule has 160 valence electrons. The summed E-state index contributed by atoms with van der Waals surface area (Å²) in [7, 11) is -1.28. The lowest BCUT2D eigenvalue weighted by Gasteiger charge is -2.16. The van der Waals surface area contributed by atoms with Gasteiger partial charge in [-0.25, -0.2) is 18.2 Å². The number of hydrogen-bond donors (Lipinski definition) is 1. The molecule has 0 amide bonds. The van der Waals surface area contributed by atoms with Gasteiger partial charge >= 0.3 is 6.18 Å². The summed E-state index contributed by atoms with van der Waals surface area (Å²) in [6.45, 7) is 0. The summed E-state index contributed by atoms with van der Waals surface area (Å²) < 4.78 is 74.7. The van der Waals surface area contributed by atoms with Gasteiger partial charge in [0.15, 0.2) is 0 Å². The number of hydrogen-bond acceptors (Lipinski definition) is 5. The SMILES string of the molecule is COc1ccc(Cc2cccc(S(N)(=O)=O)c2-n2cc(C(F)(F)F)cn2)c(OC)c1. The van der Waals surface area contributed by atoms with E-state index in [9.17, 15) is 21.6 Å². The molecule has 0 saturated carbocycles. The van der Waals surface area contributed by atoms with Gasteiger partial charge in [0.25, 0.3) is 0 Å². The standard InChI is InChI=1S/C19H18F3N3O4S/c1-28-15-7-6-12(16(9-15)29-2)8-13-4-3-5-17(30(23,26)27)18(13)25-11-14(10-24-25)19(20,21)22/h3-7,9-11H,8H2,1-2H3,(H2,23,26,27). The molecule has 3 rings (SSSR count). The molecule has 0 aliphatic heterocycles. The van der Waals surface area contributed by atoms with Crippen molar-refractivity contribution in [3.05, 3.63) is 65.5 Å². The van der Waals surface area contributed by atoms with E-state index in [2.05, 4.69) is 5.10 Å². The number of sulfonamides is 1. The van der Waals surface area contributed by atoms with Crippen molar-refractivity contribution in [1.82, 2.24) is 9.78 Å². The number of rotatable bonds is 6. The lowest BCUT2D eigenvalue weighted by molar-refractivity contribution is -0.137. The zero-order valence-corrected chi connectivity index (χ0v) is 16.8. The second-order valence-corrected chi connectivity index (χ2v) is 7.86. The zero-order chi connectivity index (χ0) is 22.1. The molecule has 0 aliphatic carbocycles. The molecule has 2 N–H and O–H groups in total. The zero-order valence-electron chi connectivity index (χ0n) is 16.0. The van der Waals surface area contributed by atoms with Crippen LogP contribution in [0, 0.1) is 0 Å². The van der Waals surface area contributed by atoms with Crippen LogP contribution in [0.15, 0.2) is 53.7 Å². The van der Waals surface area contributed by atoms with E-state index in [1.807, 2.05) is 0 Å². The monoisotopic (exact) mass is 441 g/mol. The first kappa shape index (κ1) is 21.7. The van der Waals surface area contributed by atoms with Crippen molar-refractivity contribution in [3.8, 4) is 17.2 Å². The van der Waals surface area contributed by atoms with Gasteiger partial charge in [-0.15, -0.1) is 0 Å². The predicted octanol–water partition coefficient (Wildman–Crippen LogP) is 3.15. The molecule has 0 atom stereocenters. The van der Waals surface area contributed by atoms with Crippen molar-refractivity contribution in [2.75, 3.05) is 14.2 Å². The molecule has 1 heterocycles. The van der Waals surface area contributed by atoms with Crippen LogP contribution >= 0.6 is 0 Å². The Morgan fingerprint density at radius 1 is 1.10 bits per heavy atom. The van der Waals surface area contributed by atoms with E-state index in [1.54, 1.807) is 24.3 Å². The summed E-state index contributed by atoms with van der Waals surface area (Å²) in [6, 6.07) is 9.32. The summed E-state index contributed by atoms with van der Waals surface area (Å²) >= 11 is 0. The topological polar surface area (TPSA) is 96.4 Å². The van der Waals surface area contributed by atoms with Gasteiger partial charge in [0.1, 0.15) is 16.4 Å². The quantitative estimate of drug-likeness (QED) is 0.634. The molecule has 0 spiro atoms. The van der Waals surface area contributed by atoms with Gasteiger partial charge in [0.2, 0.25) is 10.0 Å². The van der Waals surface area contributed by atoms with E-state index < -0.39 is 21.8 Å². The van der Waals surface area contributed by atoms with Gasteiger partial charge in [-0.2, -0.15) is 18.3 Å². The van der Waals surface area contributed by atoms with Gasteiger partial charge in [-0.1, -0.05) is 18.2 Å². The van der Waals surface area contributed by atoms with Crippen LogP contribution in [0.1, 0.15) is 16.7 Å². The normalized spacial score (nSPS) is 12.1. The predicted molar refractivity (Wildman–Crippen MR) is 102 cm³/mol. The molecule has 1 aromatic heterocycles. The summed E-state index contributed by atoms with van der Waals surface area (Å²) in [5.74, 6) is 1.02. The Morgan fingerprint density at radius 2 is 1.83 bits per heavy atom. The molecule has 7 nitrogen and oxygen atoms in total. The third-order valence-electron chi connectivity index (χ3n) is 4.40. The van der Waals surface area contributed by atoms with Crippen LogP contribution in [-0.2, 0) is 22.6 Å². The fourth-order valence-electron chi connectivity index (χ4n) is 2.99. The number of alkyl halides is 3. The number of halogens is 3. The number of ether oxygens (including phenoxy) is 2. The molecule has 0 saturated heterocycles. The van der Waals surface area contributed by atoms with Crippen molar-refractivity contribution in [2.24, 2.45) is 5.14 Å². The van der Waals surface area contributed by atoms with Crippen molar-refractivity contribution < 1.29 is 31.1 Å². The third-order valence-corrected chi connectivity index (χ3v) is 5.35. The fourth-order valence-corrected chi connectivity index (χ4v) is 3.76. The van der Waals surface area contributed by atoms with Crippen molar-refractivity contribution in [3.63, 3.8) is 0 Å². The molecule has 0 aliphatic rings. The molecule has 0 unspecified atom stereocenters. The highest BCUT2D eigenvalue weighted by Crippen LogP contribution is 2.33. The van der Waals surface area contributed by atoms with Gasteiger partial charge < -0.3 is 9.47 Å². The van der Waals surface area contributed by atoms with Crippen LogP contribution in [0.5, 0.6) is 11.5 Å². The molecule has 3 aromatic rings. The van der Waals surface area contributed by atoms with Crippen molar-refractivity contribution in [1.29, 1.82) is 0 Å². The number of nitrogens with zero attached hydrogens (tertiary/aromatic N) is 2. The second kappa shape index (κ2) is 8.00. The first-order valence-corrected chi connectivity index (χ1v) is 10.1. The second-order valence-electron chi connectivity index (χ2n) is 6.33. The van der Waals surface area contributed by atoms with Crippen LogP contribution in [0.3, 0.4) is 0 Å². The summed E-state index contributed by atoms with van der Waals surface area (Å²) in [5.41, 5.74) is -0.0239. The molecule has 0 fully saturated rings. The van der Waals surface area contributed by atoms with Crippen molar-refractivity contribution >= 4 is 10.0 Å². The van der Waals surface area contributed by atoms with E-state index in [-0.39, 0.29) is 17.0 Å². The highest BCUT2D eigenvalue weighted by Gasteiger charge is 2.33. The van der Waals surface area contributed by atoms with E-state index in [0.717, 1.165) is 10.9 Å². The van der Waals surface area contributed by atoms with Crippen molar-refractivity contribution in [2.45, 2.75) is 17.5 Å². The van der Waals surface area contributed by atoms with Crippen LogP contribution in [0.2, 0.25) is 0 Å².